The molecule has 0 fully saturated rings. The number of rotatable bonds is 6. The Morgan fingerprint density at radius 1 is 1.19 bits per heavy atom. The van der Waals surface area contributed by atoms with Gasteiger partial charge >= 0.3 is 0 Å². The lowest BCUT2D eigenvalue weighted by molar-refractivity contribution is 0.480. The maximum atomic E-state index is 6.30. The molecule has 3 heteroatoms. The Bertz CT molecular complexity index is 321. The predicted octanol–water partition coefficient (Wildman–Crippen LogP) is 5.56. The summed E-state index contributed by atoms with van der Waals surface area (Å²) in [7, 11) is 0. The first-order chi connectivity index (χ1) is 7.70. The number of halogens is 3. The summed E-state index contributed by atoms with van der Waals surface area (Å²) in [6.07, 6.45) is 3.60. The first kappa shape index (κ1) is 14.5. The van der Waals surface area contributed by atoms with Crippen molar-refractivity contribution in [2.75, 3.05) is 10.7 Å². The minimum Gasteiger partial charge on any atom is -0.0918 e. The first-order valence-corrected chi connectivity index (χ1v) is 8.19. The third kappa shape index (κ3) is 3.24. The molecule has 1 rings (SSSR count). The summed E-state index contributed by atoms with van der Waals surface area (Å²) < 4.78 is 0. The molecule has 0 spiro atoms. The highest BCUT2D eigenvalue weighted by Gasteiger charge is 2.31. The van der Waals surface area contributed by atoms with Crippen molar-refractivity contribution in [1.29, 1.82) is 0 Å². The molecule has 0 nitrogen and oxygen atoms in total. The van der Waals surface area contributed by atoms with Crippen LogP contribution in [-0.2, 0) is 5.41 Å². The molecular weight excluding hydrogens is 351 g/mol. The summed E-state index contributed by atoms with van der Waals surface area (Å²) >= 11 is 13.6. The van der Waals surface area contributed by atoms with Crippen molar-refractivity contribution >= 4 is 43.5 Å². The Kier molecular flexibility index (Phi) is 6.38. The summed E-state index contributed by atoms with van der Waals surface area (Å²) in [4.78, 5) is 0. The zero-order chi connectivity index (χ0) is 12.0. The van der Waals surface area contributed by atoms with E-state index in [9.17, 15) is 0 Å². The highest BCUT2D eigenvalue weighted by Crippen LogP contribution is 2.37. The molecule has 0 aromatic heterocycles. The lowest BCUT2D eigenvalue weighted by Crippen LogP contribution is -2.30. The fourth-order valence-electron chi connectivity index (χ4n) is 1.85. The molecule has 1 aromatic rings. The van der Waals surface area contributed by atoms with E-state index in [1.165, 1.54) is 18.4 Å². The minimum absolute atomic E-state index is 0.119. The summed E-state index contributed by atoms with van der Waals surface area (Å²) in [5.41, 5.74) is 1.37. The first-order valence-electron chi connectivity index (χ1n) is 5.57. The normalized spacial score (nSPS) is 11.8. The van der Waals surface area contributed by atoms with Gasteiger partial charge in [-0.05, 0) is 18.1 Å². The smallest absolute Gasteiger partial charge is 0.0444 e. The quantitative estimate of drug-likeness (QED) is 0.577. The molecule has 0 saturated carbocycles. The van der Waals surface area contributed by atoms with Crippen LogP contribution in [0.15, 0.2) is 24.3 Å². The Morgan fingerprint density at radius 3 is 2.31 bits per heavy atom. The fourth-order valence-corrected chi connectivity index (χ4v) is 4.28. The van der Waals surface area contributed by atoms with Gasteiger partial charge in [0.1, 0.15) is 0 Å². The monoisotopic (exact) mass is 366 g/mol. The maximum absolute atomic E-state index is 6.30. The molecule has 0 heterocycles. The number of unbranched alkanes of at least 4 members (excludes halogenated alkanes) is 1. The van der Waals surface area contributed by atoms with E-state index in [1.807, 2.05) is 12.1 Å². The van der Waals surface area contributed by atoms with Crippen LogP contribution in [0.2, 0.25) is 5.02 Å². The van der Waals surface area contributed by atoms with Gasteiger partial charge in [0.15, 0.2) is 0 Å². The van der Waals surface area contributed by atoms with Crippen molar-refractivity contribution in [3.05, 3.63) is 34.9 Å². The molecule has 0 radical (unpaired) electrons. The molecule has 0 unspecified atom stereocenters. The number of benzene rings is 1. The van der Waals surface area contributed by atoms with Crippen LogP contribution in [-0.4, -0.2) is 10.7 Å². The predicted molar refractivity (Wildman–Crippen MR) is 80.2 cm³/mol. The standard InChI is InChI=1S/C13H17Br2Cl/c1-2-3-8-13(9-14,10-15)11-6-4-5-7-12(11)16/h4-7H,2-3,8-10H2,1H3. The van der Waals surface area contributed by atoms with Gasteiger partial charge in [0.25, 0.3) is 0 Å². The second kappa shape index (κ2) is 7.03. The molecule has 0 N–H and O–H groups in total. The summed E-state index contributed by atoms with van der Waals surface area (Å²) in [5, 5.41) is 2.75. The summed E-state index contributed by atoms with van der Waals surface area (Å²) in [6.45, 7) is 2.22. The number of hydrogen-bond donors (Lipinski definition) is 0. The Labute approximate surface area is 120 Å². The van der Waals surface area contributed by atoms with Crippen molar-refractivity contribution in [3.63, 3.8) is 0 Å². The molecule has 0 atom stereocenters. The summed E-state index contributed by atoms with van der Waals surface area (Å²) in [5.74, 6) is 0. The SMILES string of the molecule is CCCCC(CBr)(CBr)c1ccccc1Cl. The Balaban J connectivity index is 3.05. The van der Waals surface area contributed by atoms with Gasteiger partial charge in [0.05, 0.1) is 0 Å². The van der Waals surface area contributed by atoms with Crippen molar-refractivity contribution < 1.29 is 0 Å². The Hall–Kier alpha value is 0.470. The average molecular weight is 369 g/mol. The highest BCUT2D eigenvalue weighted by molar-refractivity contribution is 9.09. The van der Waals surface area contributed by atoms with E-state index in [0.29, 0.717) is 0 Å². The van der Waals surface area contributed by atoms with Crippen molar-refractivity contribution in [3.8, 4) is 0 Å². The highest BCUT2D eigenvalue weighted by atomic mass is 79.9. The van der Waals surface area contributed by atoms with Crippen molar-refractivity contribution in [2.45, 2.75) is 31.6 Å². The lowest BCUT2D eigenvalue weighted by Gasteiger charge is -2.31. The third-order valence-corrected chi connectivity index (χ3v) is 5.44. The van der Waals surface area contributed by atoms with E-state index in [-0.39, 0.29) is 5.41 Å². The van der Waals surface area contributed by atoms with Crippen LogP contribution < -0.4 is 0 Å². The van der Waals surface area contributed by atoms with Crippen LogP contribution >= 0.6 is 43.5 Å². The van der Waals surface area contributed by atoms with Gasteiger partial charge in [-0.2, -0.15) is 0 Å². The van der Waals surface area contributed by atoms with Crippen molar-refractivity contribution in [1.82, 2.24) is 0 Å². The molecule has 16 heavy (non-hydrogen) atoms. The van der Waals surface area contributed by atoms with E-state index >= 15 is 0 Å². The van der Waals surface area contributed by atoms with Crippen molar-refractivity contribution in [2.24, 2.45) is 0 Å². The largest absolute Gasteiger partial charge is 0.0918 e. The Morgan fingerprint density at radius 2 is 1.81 bits per heavy atom. The van der Waals surface area contributed by atoms with Gasteiger partial charge in [-0.1, -0.05) is 81.4 Å². The number of alkyl halides is 2. The van der Waals surface area contributed by atoms with Gasteiger partial charge in [-0.15, -0.1) is 0 Å². The lowest BCUT2D eigenvalue weighted by atomic mass is 9.80. The zero-order valence-electron chi connectivity index (χ0n) is 9.48. The third-order valence-electron chi connectivity index (χ3n) is 2.97. The van der Waals surface area contributed by atoms with E-state index in [0.717, 1.165) is 22.1 Å². The molecule has 0 saturated heterocycles. The minimum atomic E-state index is 0.119. The molecule has 0 aliphatic heterocycles. The second-order valence-corrected chi connectivity index (χ2v) is 5.66. The molecule has 0 amide bonds. The maximum Gasteiger partial charge on any atom is 0.0444 e. The van der Waals surface area contributed by atoms with Gasteiger partial charge in [-0.25, -0.2) is 0 Å². The molecule has 0 aliphatic rings. The molecule has 90 valence electrons. The van der Waals surface area contributed by atoms with Gasteiger partial charge in [-0.3, -0.25) is 0 Å². The van der Waals surface area contributed by atoms with Gasteiger partial charge in [0.2, 0.25) is 0 Å². The van der Waals surface area contributed by atoms with Crippen LogP contribution in [0, 0.1) is 0 Å². The molecule has 0 bridgehead atoms. The van der Waals surface area contributed by atoms with E-state index in [1.54, 1.807) is 0 Å². The molecule has 1 aromatic carbocycles. The van der Waals surface area contributed by atoms with Crippen LogP contribution in [0.4, 0.5) is 0 Å². The van der Waals surface area contributed by atoms with Crippen LogP contribution in [0.5, 0.6) is 0 Å². The topological polar surface area (TPSA) is 0 Å². The average Bonchev–Trinajstić information content (AvgIpc) is 2.33. The zero-order valence-corrected chi connectivity index (χ0v) is 13.4. The van der Waals surface area contributed by atoms with Crippen LogP contribution in [0.25, 0.3) is 0 Å². The van der Waals surface area contributed by atoms with Gasteiger partial charge in [0, 0.05) is 21.1 Å². The molecular formula is C13H17Br2Cl. The molecule has 0 aliphatic carbocycles. The number of hydrogen-bond acceptors (Lipinski definition) is 0. The fraction of sp³-hybridized carbons (Fsp3) is 0.538. The van der Waals surface area contributed by atoms with E-state index in [2.05, 4.69) is 50.9 Å². The van der Waals surface area contributed by atoms with Crippen LogP contribution in [0.1, 0.15) is 31.7 Å². The van der Waals surface area contributed by atoms with Crippen LogP contribution in [0.3, 0.4) is 0 Å². The van der Waals surface area contributed by atoms with Gasteiger partial charge < -0.3 is 0 Å². The van der Waals surface area contributed by atoms with E-state index in [4.69, 9.17) is 11.6 Å². The second-order valence-electron chi connectivity index (χ2n) is 4.13. The van der Waals surface area contributed by atoms with E-state index < -0.39 is 0 Å². The summed E-state index contributed by atoms with van der Waals surface area (Å²) in [6, 6.07) is 8.16.